The molecule has 2 fully saturated rings. The number of rotatable bonds is 8. The van der Waals surface area contributed by atoms with E-state index < -0.39 is 12.2 Å². The number of Topliss-reactive ketones (excluding diaryl/α,β-unsaturated/α-hetero) is 1. The van der Waals surface area contributed by atoms with Crippen molar-refractivity contribution in [2.45, 2.75) is 104 Å². The summed E-state index contributed by atoms with van der Waals surface area (Å²) in [5.74, 6) is -1.03. The van der Waals surface area contributed by atoms with E-state index in [-0.39, 0.29) is 46.5 Å². The van der Waals surface area contributed by atoms with Crippen LogP contribution in [0.25, 0.3) is 0 Å². The average molecular weight is 551 g/mol. The molecule has 6 nitrogen and oxygen atoms in total. The highest BCUT2D eigenvalue weighted by Crippen LogP contribution is 2.60. The molecule has 7 atom stereocenters. The molecule has 0 N–H and O–H groups in total. The molecular formula is C34H46O6. The van der Waals surface area contributed by atoms with Crippen molar-refractivity contribution in [1.82, 2.24) is 0 Å². The van der Waals surface area contributed by atoms with Crippen molar-refractivity contribution in [3.63, 3.8) is 0 Å². The smallest absolute Gasteiger partial charge is 0.306 e. The highest BCUT2D eigenvalue weighted by molar-refractivity contribution is 5.97. The topological polar surface area (TPSA) is 78.9 Å². The first-order valence-electron chi connectivity index (χ1n) is 14.8. The van der Waals surface area contributed by atoms with Gasteiger partial charge in [0.1, 0.15) is 12.2 Å². The third-order valence-electron chi connectivity index (χ3n) is 10.2. The van der Waals surface area contributed by atoms with Gasteiger partial charge in [0.2, 0.25) is 0 Å². The summed E-state index contributed by atoms with van der Waals surface area (Å²) in [7, 11) is 1.72. The summed E-state index contributed by atoms with van der Waals surface area (Å²) in [6, 6.07) is 10.1. The Morgan fingerprint density at radius 1 is 1.10 bits per heavy atom. The summed E-state index contributed by atoms with van der Waals surface area (Å²) in [5.41, 5.74) is 3.12. The number of benzene rings is 1. The fourth-order valence-corrected chi connectivity index (χ4v) is 7.92. The Kier molecular flexibility index (Phi) is 9.08. The van der Waals surface area contributed by atoms with Crippen molar-refractivity contribution in [3.8, 4) is 0 Å². The molecule has 0 radical (unpaired) electrons. The lowest BCUT2D eigenvalue weighted by molar-refractivity contribution is -0.171. The molecule has 2 saturated carbocycles. The van der Waals surface area contributed by atoms with Crippen LogP contribution in [-0.4, -0.2) is 43.1 Å². The molecule has 0 aromatic heterocycles. The van der Waals surface area contributed by atoms with Crippen LogP contribution in [0.2, 0.25) is 0 Å². The van der Waals surface area contributed by atoms with E-state index in [0.717, 1.165) is 36.0 Å². The van der Waals surface area contributed by atoms with E-state index >= 15 is 0 Å². The van der Waals surface area contributed by atoms with Gasteiger partial charge in [0, 0.05) is 38.7 Å². The van der Waals surface area contributed by atoms with Gasteiger partial charge in [-0.1, -0.05) is 57.7 Å². The second-order valence-corrected chi connectivity index (χ2v) is 12.6. The third-order valence-corrected chi connectivity index (χ3v) is 10.2. The lowest BCUT2D eigenvalue weighted by atomic mass is 9.49. The first-order chi connectivity index (χ1) is 18.9. The largest absolute Gasteiger partial charge is 0.462 e. The van der Waals surface area contributed by atoms with Crippen LogP contribution in [0.3, 0.4) is 0 Å². The maximum atomic E-state index is 13.4. The van der Waals surface area contributed by atoms with Gasteiger partial charge in [-0.25, -0.2) is 0 Å². The van der Waals surface area contributed by atoms with Crippen LogP contribution in [0.15, 0.2) is 53.6 Å². The van der Waals surface area contributed by atoms with Crippen molar-refractivity contribution in [2.24, 2.45) is 22.7 Å². The molecule has 3 aliphatic rings. The van der Waals surface area contributed by atoms with Crippen molar-refractivity contribution < 1.29 is 28.6 Å². The monoisotopic (exact) mass is 550 g/mol. The Balaban J connectivity index is 1.64. The number of allylic oxidation sites excluding steroid dienone is 1. The molecule has 4 rings (SSSR count). The van der Waals surface area contributed by atoms with Gasteiger partial charge in [0.25, 0.3) is 0 Å². The highest BCUT2D eigenvalue weighted by atomic mass is 16.6. The second-order valence-electron chi connectivity index (χ2n) is 12.6. The zero-order valence-corrected chi connectivity index (χ0v) is 25.1. The van der Waals surface area contributed by atoms with Gasteiger partial charge in [0.15, 0.2) is 5.78 Å². The fraction of sp³-hybridized carbons (Fsp3) is 0.618. The number of aryl methyl sites for hydroxylation is 1. The highest BCUT2D eigenvalue weighted by Gasteiger charge is 2.59. The van der Waals surface area contributed by atoms with E-state index in [1.807, 2.05) is 25.1 Å². The molecule has 0 spiro atoms. The van der Waals surface area contributed by atoms with Gasteiger partial charge in [-0.05, 0) is 78.6 Å². The zero-order chi connectivity index (χ0) is 29.2. The number of methoxy groups -OCH3 is 1. The van der Waals surface area contributed by atoms with Gasteiger partial charge >= 0.3 is 11.9 Å². The summed E-state index contributed by atoms with van der Waals surface area (Å²) in [4.78, 5) is 38.9. The normalized spacial score (nSPS) is 34.0. The quantitative estimate of drug-likeness (QED) is 0.269. The lowest BCUT2D eigenvalue weighted by Gasteiger charge is -2.58. The SMILES string of the molecule is C=C1[C@@H](OC(=O)CCCc2ccccc2)CCC2(C)CC(OC)C3=C(C)C(=O)CC([C@@H](OC(C)=O)[C@H]12)[C@]3(C)CC. The maximum absolute atomic E-state index is 13.4. The van der Waals surface area contributed by atoms with E-state index in [0.29, 0.717) is 32.1 Å². The minimum absolute atomic E-state index is 0.0801. The number of ketones is 1. The molecule has 1 aromatic carbocycles. The molecule has 0 heterocycles. The van der Waals surface area contributed by atoms with Crippen LogP contribution in [-0.2, 0) is 35.0 Å². The molecule has 3 aliphatic carbocycles. The summed E-state index contributed by atoms with van der Waals surface area (Å²) in [5, 5.41) is 0. The van der Waals surface area contributed by atoms with Crippen LogP contribution in [0.1, 0.15) is 85.1 Å². The number of carbonyl (C=O) groups excluding carboxylic acids is 3. The van der Waals surface area contributed by atoms with Gasteiger partial charge in [-0.2, -0.15) is 0 Å². The third kappa shape index (κ3) is 5.70. The Hall–Kier alpha value is -2.73. The number of ether oxygens (including phenoxy) is 3. The molecule has 40 heavy (non-hydrogen) atoms. The first-order valence-corrected chi connectivity index (χ1v) is 14.8. The molecule has 0 amide bonds. The molecule has 1 aromatic rings. The molecule has 2 bridgehead atoms. The maximum Gasteiger partial charge on any atom is 0.306 e. The second kappa shape index (κ2) is 12.0. The molecule has 218 valence electrons. The Morgan fingerprint density at radius 3 is 2.42 bits per heavy atom. The summed E-state index contributed by atoms with van der Waals surface area (Å²) < 4.78 is 18.4. The average Bonchev–Trinajstić information content (AvgIpc) is 2.91. The van der Waals surface area contributed by atoms with Crippen LogP contribution in [0.4, 0.5) is 0 Å². The summed E-state index contributed by atoms with van der Waals surface area (Å²) in [6.45, 7) is 14.4. The van der Waals surface area contributed by atoms with E-state index in [2.05, 4.69) is 39.5 Å². The van der Waals surface area contributed by atoms with Crippen molar-refractivity contribution in [3.05, 3.63) is 59.2 Å². The van der Waals surface area contributed by atoms with Crippen LogP contribution in [0.5, 0.6) is 0 Å². The fourth-order valence-electron chi connectivity index (χ4n) is 7.92. The van der Waals surface area contributed by atoms with Gasteiger partial charge < -0.3 is 14.2 Å². The predicted molar refractivity (Wildman–Crippen MR) is 154 cm³/mol. The van der Waals surface area contributed by atoms with E-state index in [1.54, 1.807) is 7.11 Å². The standard InChI is InChI=1S/C34H46O6/c1-8-34(6)25-19-26(36)21(2)30(34)28(38-7)20-33(5)18-17-27(22(3)31(33)32(25)39-23(4)35)40-29(37)16-12-15-24-13-10-9-11-14-24/h9-11,13-14,25,27-28,31-32H,3,8,12,15-20H2,1-2,4-7H3/t25?,27-,28?,31-,32+,33?,34-/m0/s1. The number of fused-ring (bicyclic) bond motifs is 3. The molecule has 6 heteroatoms. The number of carbonyl (C=O) groups is 3. The molecular weight excluding hydrogens is 504 g/mol. The first kappa shape index (κ1) is 30.2. The Morgan fingerprint density at radius 2 is 1.80 bits per heavy atom. The minimum Gasteiger partial charge on any atom is -0.462 e. The van der Waals surface area contributed by atoms with Crippen LogP contribution in [0, 0.1) is 22.7 Å². The van der Waals surface area contributed by atoms with Crippen LogP contribution < -0.4 is 0 Å². The molecule has 3 unspecified atom stereocenters. The van der Waals surface area contributed by atoms with Gasteiger partial charge in [-0.3, -0.25) is 14.4 Å². The van der Waals surface area contributed by atoms with Crippen molar-refractivity contribution in [2.75, 3.05) is 7.11 Å². The molecule has 0 aliphatic heterocycles. The van der Waals surface area contributed by atoms with Gasteiger partial charge in [0.05, 0.1) is 6.10 Å². The van der Waals surface area contributed by atoms with Crippen molar-refractivity contribution >= 4 is 17.7 Å². The van der Waals surface area contributed by atoms with Gasteiger partial charge in [-0.15, -0.1) is 0 Å². The summed E-state index contributed by atoms with van der Waals surface area (Å²) >= 11 is 0. The summed E-state index contributed by atoms with van der Waals surface area (Å²) in [6.07, 6.45) is 3.81. The zero-order valence-electron chi connectivity index (χ0n) is 25.1. The lowest BCUT2D eigenvalue weighted by Crippen LogP contribution is -2.58. The number of esters is 2. The predicted octanol–water partition coefficient (Wildman–Crippen LogP) is 6.57. The van der Waals surface area contributed by atoms with E-state index in [4.69, 9.17) is 14.2 Å². The van der Waals surface area contributed by atoms with E-state index in [9.17, 15) is 14.4 Å². The number of hydrogen-bond acceptors (Lipinski definition) is 6. The van der Waals surface area contributed by atoms with E-state index in [1.165, 1.54) is 12.5 Å². The molecule has 0 saturated heterocycles. The van der Waals surface area contributed by atoms with Crippen molar-refractivity contribution in [1.29, 1.82) is 0 Å². The Bertz CT molecular complexity index is 1170. The van der Waals surface area contributed by atoms with Crippen LogP contribution >= 0.6 is 0 Å². The minimum atomic E-state index is -0.551. The Labute approximate surface area is 239 Å². The number of hydrogen-bond donors (Lipinski definition) is 0.